The Morgan fingerprint density at radius 2 is 2.17 bits per heavy atom. The molecule has 0 bridgehead atoms. The van der Waals surface area contributed by atoms with Crippen molar-refractivity contribution in [2.45, 2.75) is 25.9 Å². The number of rotatable bonds is 4. The topological polar surface area (TPSA) is 34.1 Å². The number of hydrogen-bond acceptors (Lipinski definition) is 3. The third-order valence-corrected chi connectivity index (χ3v) is 4.13. The van der Waals surface area contributed by atoms with Crippen molar-refractivity contribution in [1.29, 1.82) is 0 Å². The summed E-state index contributed by atoms with van der Waals surface area (Å²) >= 11 is 17.8. The molecule has 1 N–H and O–H groups in total. The molecule has 1 aliphatic heterocycles. The first kappa shape index (κ1) is 14.2. The van der Waals surface area contributed by atoms with Crippen molar-refractivity contribution >= 4 is 40.6 Å². The van der Waals surface area contributed by atoms with Crippen LogP contribution >= 0.6 is 34.8 Å². The number of anilines is 1. The number of pyridine rings is 1. The fourth-order valence-corrected chi connectivity index (χ4v) is 2.74. The third kappa shape index (κ3) is 3.21. The first-order valence-corrected chi connectivity index (χ1v) is 7.12. The molecule has 1 aliphatic rings. The predicted molar refractivity (Wildman–Crippen MR) is 75.9 cm³/mol. The summed E-state index contributed by atoms with van der Waals surface area (Å²) in [6.45, 7) is 3.74. The van der Waals surface area contributed by atoms with Gasteiger partial charge < -0.3 is 10.1 Å². The molecule has 100 valence electrons. The van der Waals surface area contributed by atoms with Gasteiger partial charge in [-0.2, -0.15) is 0 Å². The van der Waals surface area contributed by atoms with Crippen molar-refractivity contribution in [3.63, 3.8) is 0 Å². The van der Waals surface area contributed by atoms with Gasteiger partial charge in [-0.1, -0.05) is 41.7 Å². The summed E-state index contributed by atoms with van der Waals surface area (Å²) in [5.74, 6) is 1.06. The average molecular weight is 310 g/mol. The molecule has 0 saturated carbocycles. The quantitative estimate of drug-likeness (QED) is 0.843. The highest BCUT2D eigenvalue weighted by Crippen LogP contribution is 2.30. The van der Waals surface area contributed by atoms with Crippen molar-refractivity contribution in [2.75, 3.05) is 18.5 Å². The predicted octanol–water partition coefficient (Wildman–Crippen LogP) is 4.27. The van der Waals surface area contributed by atoms with Crippen LogP contribution in [-0.2, 0) is 4.74 Å². The lowest BCUT2D eigenvalue weighted by molar-refractivity contribution is 0.0900. The number of nitrogens with zero attached hydrogens (tertiary/aromatic N) is 1. The van der Waals surface area contributed by atoms with Gasteiger partial charge in [-0.3, -0.25) is 0 Å². The summed E-state index contributed by atoms with van der Waals surface area (Å²) in [6, 6.07) is 1.60. The Kier molecular flexibility index (Phi) is 4.96. The minimum absolute atomic E-state index is 0.262. The molecule has 1 saturated heterocycles. The van der Waals surface area contributed by atoms with E-state index in [9.17, 15) is 0 Å². The number of halogens is 3. The third-order valence-electron chi connectivity index (χ3n) is 3.17. The molecular formula is C12H15Cl3N2O. The van der Waals surface area contributed by atoms with E-state index < -0.39 is 0 Å². The fraction of sp³-hybridized carbons (Fsp3) is 0.583. The molecule has 0 amide bonds. The van der Waals surface area contributed by atoms with Crippen molar-refractivity contribution in [1.82, 2.24) is 4.98 Å². The molecule has 6 heteroatoms. The summed E-state index contributed by atoms with van der Waals surface area (Å²) in [7, 11) is 0. The van der Waals surface area contributed by atoms with Gasteiger partial charge in [-0.15, -0.1) is 0 Å². The summed E-state index contributed by atoms with van der Waals surface area (Å²) < 4.78 is 5.64. The van der Waals surface area contributed by atoms with Crippen LogP contribution in [-0.4, -0.2) is 24.2 Å². The first-order chi connectivity index (χ1) is 8.61. The van der Waals surface area contributed by atoms with E-state index in [0.717, 1.165) is 26.0 Å². The van der Waals surface area contributed by atoms with E-state index in [1.807, 2.05) is 0 Å². The van der Waals surface area contributed by atoms with Crippen molar-refractivity contribution < 1.29 is 4.74 Å². The number of ether oxygens (including phenoxy) is 1. The maximum Gasteiger partial charge on any atom is 0.150 e. The largest absolute Gasteiger partial charge is 0.378 e. The molecule has 1 aromatic heterocycles. The Balaban J connectivity index is 2.00. The Morgan fingerprint density at radius 1 is 1.39 bits per heavy atom. The van der Waals surface area contributed by atoms with E-state index in [4.69, 9.17) is 39.5 Å². The van der Waals surface area contributed by atoms with Crippen molar-refractivity contribution in [3.05, 3.63) is 21.3 Å². The zero-order valence-corrected chi connectivity index (χ0v) is 12.3. The van der Waals surface area contributed by atoms with Crippen LogP contribution in [0.2, 0.25) is 15.2 Å². The molecular weight excluding hydrogens is 295 g/mol. The molecule has 2 unspecified atom stereocenters. The lowest BCUT2D eigenvalue weighted by Crippen LogP contribution is -2.23. The highest BCUT2D eigenvalue weighted by Gasteiger charge is 2.26. The molecule has 18 heavy (non-hydrogen) atoms. The molecule has 0 spiro atoms. The molecule has 1 aromatic rings. The number of hydrogen-bond donors (Lipinski definition) is 1. The molecule has 3 nitrogen and oxygen atoms in total. The molecule has 2 heterocycles. The van der Waals surface area contributed by atoms with Crippen LogP contribution in [0.15, 0.2) is 6.07 Å². The van der Waals surface area contributed by atoms with Crippen LogP contribution < -0.4 is 5.32 Å². The monoisotopic (exact) mass is 308 g/mol. The molecule has 2 atom stereocenters. The lowest BCUT2D eigenvalue weighted by atomic mass is 10.00. The molecule has 0 radical (unpaired) electrons. The second-order valence-corrected chi connectivity index (χ2v) is 5.51. The second-order valence-electron chi connectivity index (χ2n) is 4.34. The van der Waals surface area contributed by atoms with E-state index in [-0.39, 0.29) is 5.15 Å². The number of nitrogens with one attached hydrogen (secondary N) is 1. The van der Waals surface area contributed by atoms with Gasteiger partial charge in [-0.05, 0) is 18.9 Å². The Bertz CT molecular complexity index is 428. The standard InChI is InChI=1S/C12H15Cl3N2O/c1-2-10-7(3-4-18-10)6-16-12-9(14)5-8(13)11(15)17-12/h5,7,10H,2-4,6H2,1H3,(H,16,17). The molecule has 0 aromatic carbocycles. The summed E-state index contributed by atoms with van der Waals surface area (Å²) in [5.41, 5.74) is 0. The van der Waals surface area contributed by atoms with Gasteiger partial charge >= 0.3 is 0 Å². The van der Waals surface area contributed by atoms with Gasteiger partial charge in [0.05, 0.1) is 16.1 Å². The van der Waals surface area contributed by atoms with E-state index in [0.29, 0.717) is 27.9 Å². The van der Waals surface area contributed by atoms with E-state index in [1.165, 1.54) is 0 Å². The zero-order valence-electron chi connectivity index (χ0n) is 10.0. The smallest absolute Gasteiger partial charge is 0.150 e. The van der Waals surface area contributed by atoms with Crippen LogP contribution in [0, 0.1) is 5.92 Å². The zero-order chi connectivity index (χ0) is 13.1. The normalized spacial score (nSPS) is 23.3. The SMILES string of the molecule is CCC1OCCC1CNc1nc(Cl)c(Cl)cc1Cl. The van der Waals surface area contributed by atoms with E-state index in [1.54, 1.807) is 6.07 Å². The molecule has 1 fully saturated rings. The molecule has 0 aliphatic carbocycles. The van der Waals surface area contributed by atoms with Crippen molar-refractivity contribution in [3.8, 4) is 0 Å². The fourth-order valence-electron chi connectivity index (χ4n) is 2.17. The molecule has 2 rings (SSSR count). The van der Waals surface area contributed by atoms with E-state index >= 15 is 0 Å². The minimum atomic E-state index is 0.262. The summed E-state index contributed by atoms with van der Waals surface area (Å²) in [5, 5.41) is 4.33. The van der Waals surface area contributed by atoms with Gasteiger partial charge in [0.15, 0.2) is 0 Å². The Hall–Kier alpha value is -0.220. The van der Waals surface area contributed by atoms with Gasteiger partial charge in [0.1, 0.15) is 11.0 Å². The maximum absolute atomic E-state index is 6.06. The van der Waals surface area contributed by atoms with E-state index in [2.05, 4.69) is 17.2 Å². The summed E-state index contributed by atoms with van der Waals surface area (Å²) in [4.78, 5) is 4.13. The van der Waals surface area contributed by atoms with Crippen LogP contribution in [0.5, 0.6) is 0 Å². The van der Waals surface area contributed by atoms with Crippen LogP contribution in [0.1, 0.15) is 19.8 Å². The Morgan fingerprint density at radius 3 is 2.89 bits per heavy atom. The lowest BCUT2D eigenvalue weighted by Gasteiger charge is -2.18. The van der Waals surface area contributed by atoms with Crippen molar-refractivity contribution in [2.24, 2.45) is 5.92 Å². The van der Waals surface area contributed by atoms with Gasteiger partial charge in [0.2, 0.25) is 0 Å². The van der Waals surface area contributed by atoms with Crippen LogP contribution in [0.4, 0.5) is 5.82 Å². The second kappa shape index (κ2) is 6.29. The van der Waals surface area contributed by atoms with Gasteiger partial charge in [0.25, 0.3) is 0 Å². The summed E-state index contributed by atoms with van der Waals surface area (Å²) in [6.07, 6.45) is 2.40. The van der Waals surface area contributed by atoms with Gasteiger partial charge in [-0.25, -0.2) is 4.98 Å². The first-order valence-electron chi connectivity index (χ1n) is 5.98. The Labute approximate surface area is 122 Å². The van der Waals surface area contributed by atoms with Gasteiger partial charge in [0, 0.05) is 19.1 Å². The van der Waals surface area contributed by atoms with Crippen LogP contribution in [0.25, 0.3) is 0 Å². The number of aromatic nitrogens is 1. The average Bonchev–Trinajstić information content (AvgIpc) is 2.79. The van der Waals surface area contributed by atoms with Crippen LogP contribution in [0.3, 0.4) is 0 Å². The maximum atomic E-state index is 6.06. The highest BCUT2D eigenvalue weighted by molar-refractivity contribution is 6.42. The minimum Gasteiger partial charge on any atom is -0.378 e. The highest BCUT2D eigenvalue weighted by atomic mass is 35.5.